The van der Waals surface area contributed by atoms with Crippen LogP contribution < -0.4 is 5.32 Å². The summed E-state index contributed by atoms with van der Waals surface area (Å²) in [6.07, 6.45) is 0.996. The van der Waals surface area contributed by atoms with Crippen LogP contribution in [0.4, 0.5) is 10.1 Å². The number of nitrogens with zero attached hydrogens (tertiary/aromatic N) is 1. The van der Waals surface area contributed by atoms with Crippen LogP contribution in [0.5, 0.6) is 0 Å². The van der Waals surface area contributed by atoms with Crippen LogP contribution in [0.2, 0.25) is 0 Å². The number of aromatic nitrogens is 1. The molecule has 2 aromatic rings. The molecule has 5 heteroatoms. The van der Waals surface area contributed by atoms with E-state index in [4.69, 9.17) is 4.74 Å². The molecule has 0 aliphatic carbocycles. The monoisotopic (exact) mass is 326 g/mol. The van der Waals surface area contributed by atoms with Crippen LogP contribution in [0, 0.1) is 5.82 Å². The van der Waals surface area contributed by atoms with E-state index < -0.39 is 0 Å². The molecule has 102 valence electrons. The van der Waals surface area contributed by atoms with Gasteiger partial charge in [0.2, 0.25) is 0 Å². The number of pyridine rings is 1. The highest BCUT2D eigenvalue weighted by molar-refractivity contribution is 9.10. The lowest BCUT2D eigenvalue weighted by Gasteiger charge is -2.13. The van der Waals surface area contributed by atoms with Gasteiger partial charge < -0.3 is 10.1 Å². The summed E-state index contributed by atoms with van der Waals surface area (Å²) in [6, 6.07) is 5.03. The number of benzene rings is 1. The molecule has 0 fully saturated rings. The lowest BCUT2D eigenvalue weighted by Crippen LogP contribution is -2.04. The SMILES string of the molecule is CCCNc1cc(COC)nc2c(F)ccc(Br)c12. The van der Waals surface area contributed by atoms with Crippen LogP contribution in [0.1, 0.15) is 19.0 Å². The highest BCUT2D eigenvalue weighted by Gasteiger charge is 2.12. The topological polar surface area (TPSA) is 34.1 Å². The molecule has 0 aliphatic rings. The van der Waals surface area contributed by atoms with E-state index in [2.05, 4.69) is 33.2 Å². The first-order valence-electron chi connectivity index (χ1n) is 6.17. The summed E-state index contributed by atoms with van der Waals surface area (Å²) in [4.78, 5) is 4.32. The summed E-state index contributed by atoms with van der Waals surface area (Å²) in [5.41, 5.74) is 1.96. The van der Waals surface area contributed by atoms with Gasteiger partial charge in [0.1, 0.15) is 11.3 Å². The molecule has 1 heterocycles. The Labute approximate surface area is 120 Å². The minimum atomic E-state index is -0.323. The van der Waals surface area contributed by atoms with Crippen LogP contribution in [0.25, 0.3) is 10.9 Å². The van der Waals surface area contributed by atoms with Crippen molar-refractivity contribution in [3.05, 3.63) is 34.2 Å². The van der Waals surface area contributed by atoms with Crippen molar-refractivity contribution in [1.29, 1.82) is 0 Å². The van der Waals surface area contributed by atoms with Crippen molar-refractivity contribution in [2.45, 2.75) is 20.0 Å². The number of halogens is 2. The molecule has 1 aromatic heterocycles. The largest absolute Gasteiger partial charge is 0.384 e. The number of nitrogens with one attached hydrogen (secondary N) is 1. The molecule has 19 heavy (non-hydrogen) atoms. The van der Waals surface area contributed by atoms with E-state index in [-0.39, 0.29) is 5.82 Å². The predicted octanol–water partition coefficient (Wildman–Crippen LogP) is 4.10. The molecule has 0 atom stereocenters. The first-order valence-corrected chi connectivity index (χ1v) is 6.97. The smallest absolute Gasteiger partial charge is 0.149 e. The van der Waals surface area contributed by atoms with Gasteiger partial charge >= 0.3 is 0 Å². The third kappa shape index (κ3) is 3.04. The molecule has 0 bridgehead atoms. The van der Waals surface area contributed by atoms with Gasteiger partial charge in [-0.15, -0.1) is 0 Å². The number of ether oxygens (including phenoxy) is 1. The van der Waals surface area contributed by atoms with E-state index in [0.29, 0.717) is 17.8 Å². The van der Waals surface area contributed by atoms with Gasteiger partial charge in [-0.2, -0.15) is 0 Å². The van der Waals surface area contributed by atoms with Gasteiger partial charge in [-0.3, -0.25) is 0 Å². The molecule has 0 spiro atoms. The Morgan fingerprint density at radius 2 is 2.21 bits per heavy atom. The van der Waals surface area contributed by atoms with E-state index in [1.165, 1.54) is 6.07 Å². The van der Waals surface area contributed by atoms with E-state index in [1.54, 1.807) is 13.2 Å². The minimum absolute atomic E-state index is 0.323. The fraction of sp³-hybridized carbons (Fsp3) is 0.357. The van der Waals surface area contributed by atoms with Crippen molar-refractivity contribution in [3.8, 4) is 0 Å². The van der Waals surface area contributed by atoms with E-state index in [0.717, 1.165) is 28.5 Å². The zero-order valence-corrected chi connectivity index (χ0v) is 12.6. The number of hydrogen-bond donors (Lipinski definition) is 1. The molecule has 1 N–H and O–H groups in total. The standard InChI is InChI=1S/C14H16BrFN2O/c1-3-6-17-12-7-9(8-19-2)18-14-11(16)5-4-10(15)13(12)14/h4-5,7H,3,6,8H2,1-2H3,(H,17,18). The van der Waals surface area contributed by atoms with Crippen molar-refractivity contribution in [3.63, 3.8) is 0 Å². The quantitative estimate of drug-likeness (QED) is 0.898. The van der Waals surface area contributed by atoms with Crippen molar-refractivity contribution in [2.24, 2.45) is 0 Å². The Kier molecular flexibility index (Phi) is 4.71. The summed E-state index contributed by atoms with van der Waals surface area (Å²) >= 11 is 3.46. The second-order valence-corrected chi connectivity index (χ2v) is 5.13. The lowest BCUT2D eigenvalue weighted by atomic mass is 10.1. The van der Waals surface area contributed by atoms with E-state index >= 15 is 0 Å². The highest BCUT2D eigenvalue weighted by Crippen LogP contribution is 2.32. The summed E-state index contributed by atoms with van der Waals surface area (Å²) in [5.74, 6) is -0.323. The predicted molar refractivity (Wildman–Crippen MR) is 78.9 cm³/mol. The third-order valence-corrected chi connectivity index (χ3v) is 3.43. The summed E-state index contributed by atoms with van der Waals surface area (Å²) in [6.45, 7) is 3.28. The maximum Gasteiger partial charge on any atom is 0.149 e. The highest BCUT2D eigenvalue weighted by atomic mass is 79.9. The Morgan fingerprint density at radius 3 is 2.89 bits per heavy atom. The Balaban J connectivity index is 2.63. The number of fused-ring (bicyclic) bond motifs is 1. The van der Waals surface area contributed by atoms with Gasteiger partial charge in [0.05, 0.1) is 12.3 Å². The van der Waals surface area contributed by atoms with Crippen LogP contribution in [-0.4, -0.2) is 18.6 Å². The fourth-order valence-electron chi connectivity index (χ4n) is 1.94. The number of hydrogen-bond acceptors (Lipinski definition) is 3. The first kappa shape index (κ1) is 14.2. The summed E-state index contributed by atoms with van der Waals surface area (Å²) in [7, 11) is 1.60. The lowest BCUT2D eigenvalue weighted by molar-refractivity contribution is 0.182. The Bertz CT molecular complexity index is 589. The van der Waals surface area contributed by atoms with E-state index in [9.17, 15) is 4.39 Å². The third-order valence-electron chi connectivity index (χ3n) is 2.77. The van der Waals surface area contributed by atoms with Crippen molar-refractivity contribution < 1.29 is 9.13 Å². The second kappa shape index (κ2) is 6.30. The van der Waals surface area contributed by atoms with Gasteiger partial charge in [0.25, 0.3) is 0 Å². The molecule has 0 saturated carbocycles. The first-order chi connectivity index (χ1) is 9.17. The molecule has 0 unspecified atom stereocenters. The maximum atomic E-state index is 13.9. The average molecular weight is 327 g/mol. The number of rotatable bonds is 5. The maximum absolute atomic E-state index is 13.9. The van der Waals surface area contributed by atoms with Gasteiger partial charge in [-0.25, -0.2) is 9.37 Å². The van der Waals surface area contributed by atoms with Gasteiger partial charge in [0, 0.05) is 29.2 Å². The van der Waals surface area contributed by atoms with Gasteiger partial charge in [-0.1, -0.05) is 22.9 Å². The van der Waals surface area contributed by atoms with E-state index in [1.807, 2.05) is 6.07 Å². The van der Waals surface area contributed by atoms with Crippen molar-refractivity contribution in [1.82, 2.24) is 4.98 Å². The fourth-order valence-corrected chi connectivity index (χ4v) is 2.48. The van der Waals surface area contributed by atoms with Crippen LogP contribution in [0.3, 0.4) is 0 Å². The van der Waals surface area contributed by atoms with Crippen LogP contribution >= 0.6 is 15.9 Å². The number of anilines is 1. The minimum Gasteiger partial charge on any atom is -0.384 e. The normalized spacial score (nSPS) is 10.9. The zero-order chi connectivity index (χ0) is 13.8. The Morgan fingerprint density at radius 1 is 1.42 bits per heavy atom. The van der Waals surface area contributed by atoms with Crippen LogP contribution in [-0.2, 0) is 11.3 Å². The molecule has 1 aromatic carbocycles. The molecule has 0 amide bonds. The van der Waals surface area contributed by atoms with Crippen LogP contribution in [0.15, 0.2) is 22.7 Å². The number of methoxy groups -OCH3 is 1. The molecule has 2 rings (SSSR count). The van der Waals surface area contributed by atoms with Crippen molar-refractivity contribution >= 4 is 32.5 Å². The van der Waals surface area contributed by atoms with Gasteiger partial charge in [-0.05, 0) is 24.6 Å². The Hall–Kier alpha value is -1.20. The van der Waals surface area contributed by atoms with Gasteiger partial charge in [0.15, 0.2) is 0 Å². The molecule has 3 nitrogen and oxygen atoms in total. The molecular formula is C14H16BrFN2O. The summed E-state index contributed by atoms with van der Waals surface area (Å²) in [5, 5.41) is 4.08. The summed E-state index contributed by atoms with van der Waals surface area (Å²) < 4.78 is 19.9. The second-order valence-electron chi connectivity index (χ2n) is 4.27. The molecule has 0 radical (unpaired) electrons. The molecule has 0 aliphatic heterocycles. The molecular weight excluding hydrogens is 311 g/mol. The average Bonchev–Trinajstić information content (AvgIpc) is 2.40. The van der Waals surface area contributed by atoms with Crippen molar-refractivity contribution in [2.75, 3.05) is 19.0 Å². The zero-order valence-electron chi connectivity index (χ0n) is 11.0. The molecule has 0 saturated heterocycles.